The van der Waals surface area contributed by atoms with Crippen molar-refractivity contribution in [3.8, 4) is 0 Å². The molecule has 0 aromatic carbocycles. The first-order chi connectivity index (χ1) is 6.68. The van der Waals surface area contributed by atoms with E-state index in [1.54, 1.807) is 11.6 Å². The number of hydrogen-bond donors (Lipinski definition) is 2. The van der Waals surface area contributed by atoms with Crippen LogP contribution < -0.4 is 11.0 Å². The number of H-pyrrole nitrogens is 1. The van der Waals surface area contributed by atoms with Gasteiger partial charge in [0.1, 0.15) is 5.82 Å². The molecular weight excluding hydrogens is 216 g/mol. The molecule has 0 spiro atoms. The molecule has 0 radical (unpaired) electrons. The molecule has 0 saturated carbocycles. The summed E-state index contributed by atoms with van der Waals surface area (Å²) < 4.78 is 1.60. The summed E-state index contributed by atoms with van der Waals surface area (Å²) in [5.74, 6) is 1.89. The predicted octanol–water partition coefficient (Wildman–Crippen LogP) is 0.243. The summed E-state index contributed by atoms with van der Waals surface area (Å²) in [7, 11) is 1.76. The van der Waals surface area contributed by atoms with Crippen LogP contribution in [0.3, 0.4) is 0 Å². The van der Waals surface area contributed by atoms with Crippen molar-refractivity contribution in [2.24, 2.45) is 13.0 Å². The average molecular weight is 233 g/mol. The van der Waals surface area contributed by atoms with Crippen molar-refractivity contribution in [2.45, 2.75) is 19.3 Å². The van der Waals surface area contributed by atoms with Crippen molar-refractivity contribution < 1.29 is 0 Å². The molecule has 1 aliphatic heterocycles. The summed E-state index contributed by atoms with van der Waals surface area (Å²) >= 11 is 0. The first-order valence-corrected chi connectivity index (χ1v) is 5.00. The normalized spacial score (nSPS) is 26.0. The van der Waals surface area contributed by atoms with Gasteiger partial charge in [-0.25, -0.2) is 9.89 Å². The van der Waals surface area contributed by atoms with E-state index in [4.69, 9.17) is 0 Å². The number of hydrogen-bond acceptors (Lipinski definition) is 3. The molecule has 0 bridgehead atoms. The monoisotopic (exact) mass is 232 g/mol. The molecule has 1 aliphatic rings. The fourth-order valence-corrected chi connectivity index (χ4v) is 2.08. The van der Waals surface area contributed by atoms with Gasteiger partial charge in [0.25, 0.3) is 0 Å². The minimum Gasteiger partial charge on any atom is -0.316 e. The second kappa shape index (κ2) is 4.81. The van der Waals surface area contributed by atoms with Crippen molar-refractivity contribution in [1.29, 1.82) is 0 Å². The Morgan fingerprint density at radius 1 is 1.47 bits per heavy atom. The van der Waals surface area contributed by atoms with Crippen molar-refractivity contribution in [3.63, 3.8) is 0 Å². The third-order valence-corrected chi connectivity index (χ3v) is 2.85. The number of aromatic amines is 1. The summed E-state index contributed by atoms with van der Waals surface area (Å²) in [6.45, 7) is 4.20. The summed E-state index contributed by atoms with van der Waals surface area (Å²) in [4.78, 5) is 11.2. The van der Waals surface area contributed by atoms with Gasteiger partial charge >= 0.3 is 5.69 Å². The van der Waals surface area contributed by atoms with Crippen LogP contribution in [-0.2, 0) is 7.05 Å². The van der Waals surface area contributed by atoms with Crippen molar-refractivity contribution in [3.05, 3.63) is 16.3 Å². The Morgan fingerprint density at radius 2 is 2.20 bits per heavy atom. The number of nitrogens with zero attached hydrogens (tertiary/aromatic N) is 2. The smallest absolute Gasteiger partial charge is 0.316 e. The summed E-state index contributed by atoms with van der Waals surface area (Å²) in [5, 5.41) is 9.89. The van der Waals surface area contributed by atoms with E-state index >= 15 is 0 Å². The summed E-state index contributed by atoms with van der Waals surface area (Å²) in [6.07, 6.45) is 1.10. The van der Waals surface area contributed by atoms with Crippen LogP contribution >= 0.6 is 12.4 Å². The van der Waals surface area contributed by atoms with Gasteiger partial charge in [-0.05, 0) is 18.9 Å². The Labute approximate surface area is 94.7 Å². The molecule has 1 saturated heterocycles. The van der Waals surface area contributed by atoms with Crippen LogP contribution in [0.4, 0.5) is 0 Å². The van der Waals surface area contributed by atoms with Gasteiger partial charge < -0.3 is 5.32 Å². The topological polar surface area (TPSA) is 62.7 Å². The highest BCUT2D eigenvalue weighted by atomic mass is 35.5. The fraction of sp³-hybridized carbons (Fsp3) is 0.778. The Morgan fingerprint density at radius 3 is 2.73 bits per heavy atom. The molecule has 2 heterocycles. The maximum atomic E-state index is 11.2. The SMILES string of the molecule is C[C@@H]1CNC[C@H](c2n[nH]c(=O)n2C)C1.Cl. The van der Waals surface area contributed by atoms with Gasteiger partial charge in [0.05, 0.1) is 0 Å². The van der Waals surface area contributed by atoms with E-state index in [-0.39, 0.29) is 18.1 Å². The second-order valence-corrected chi connectivity index (χ2v) is 4.14. The van der Waals surface area contributed by atoms with Gasteiger partial charge in [0.2, 0.25) is 0 Å². The molecule has 1 aromatic rings. The molecule has 2 atom stereocenters. The van der Waals surface area contributed by atoms with Crippen LogP contribution in [0.15, 0.2) is 4.79 Å². The summed E-state index contributed by atoms with van der Waals surface area (Å²) in [5.41, 5.74) is -0.127. The number of halogens is 1. The molecule has 6 heteroatoms. The average Bonchev–Trinajstić information content (AvgIpc) is 2.48. The lowest BCUT2D eigenvalue weighted by Gasteiger charge is -2.26. The lowest BCUT2D eigenvalue weighted by atomic mass is 9.91. The van der Waals surface area contributed by atoms with Crippen LogP contribution in [0.1, 0.15) is 25.1 Å². The Kier molecular flexibility index (Phi) is 3.93. The Hall–Kier alpha value is -0.810. The molecule has 0 amide bonds. The molecular formula is C9H17ClN4O. The number of nitrogens with one attached hydrogen (secondary N) is 2. The van der Waals surface area contributed by atoms with Gasteiger partial charge in [0.15, 0.2) is 0 Å². The largest absolute Gasteiger partial charge is 0.343 e. The van der Waals surface area contributed by atoms with E-state index in [1.807, 2.05) is 0 Å². The van der Waals surface area contributed by atoms with Crippen LogP contribution in [0, 0.1) is 5.92 Å². The van der Waals surface area contributed by atoms with Crippen LogP contribution in [-0.4, -0.2) is 27.9 Å². The van der Waals surface area contributed by atoms with E-state index < -0.39 is 0 Å². The lowest BCUT2D eigenvalue weighted by molar-refractivity contribution is 0.350. The van der Waals surface area contributed by atoms with Gasteiger partial charge in [-0.2, -0.15) is 5.10 Å². The van der Waals surface area contributed by atoms with E-state index in [0.717, 1.165) is 25.3 Å². The first-order valence-electron chi connectivity index (χ1n) is 5.00. The lowest BCUT2D eigenvalue weighted by Crippen LogP contribution is -2.35. The van der Waals surface area contributed by atoms with Gasteiger partial charge in [0, 0.05) is 19.5 Å². The standard InChI is InChI=1S/C9H16N4O.ClH/c1-6-3-7(5-10-4-6)8-11-12-9(14)13(8)2;/h6-7,10H,3-5H2,1-2H3,(H,12,14);1H/t6-,7+;/m0./s1. The molecule has 15 heavy (non-hydrogen) atoms. The zero-order valence-corrected chi connectivity index (χ0v) is 9.80. The highest BCUT2D eigenvalue weighted by molar-refractivity contribution is 5.85. The predicted molar refractivity (Wildman–Crippen MR) is 60.5 cm³/mol. The summed E-state index contributed by atoms with van der Waals surface area (Å²) in [6, 6.07) is 0. The van der Waals surface area contributed by atoms with Crippen molar-refractivity contribution in [1.82, 2.24) is 20.1 Å². The van der Waals surface area contributed by atoms with E-state index in [0.29, 0.717) is 11.8 Å². The molecule has 2 rings (SSSR count). The molecule has 2 N–H and O–H groups in total. The highest BCUT2D eigenvalue weighted by Gasteiger charge is 2.23. The van der Waals surface area contributed by atoms with Gasteiger partial charge in [-0.1, -0.05) is 6.92 Å². The number of rotatable bonds is 1. The molecule has 86 valence electrons. The van der Waals surface area contributed by atoms with Crippen LogP contribution in [0.5, 0.6) is 0 Å². The highest BCUT2D eigenvalue weighted by Crippen LogP contribution is 2.23. The van der Waals surface area contributed by atoms with Crippen LogP contribution in [0.2, 0.25) is 0 Å². The number of piperidine rings is 1. The zero-order valence-electron chi connectivity index (χ0n) is 8.99. The molecule has 5 nitrogen and oxygen atoms in total. The maximum Gasteiger partial charge on any atom is 0.343 e. The zero-order chi connectivity index (χ0) is 10.1. The third kappa shape index (κ3) is 2.41. The molecule has 0 aliphatic carbocycles. The molecule has 0 unspecified atom stereocenters. The minimum atomic E-state index is -0.127. The van der Waals surface area contributed by atoms with Gasteiger partial charge in [-0.15, -0.1) is 12.4 Å². The van der Waals surface area contributed by atoms with E-state index in [9.17, 15) is 4.79 Å². The quantitative estimate of drug-likeness (QED) is 0.730. The second-order valence-electron chi connectivity index (χ2n) is 4.14. The Balaban J connectivity index is 0.00000112. The minimum absolute atomic E-state index is 0. The fourth-order valence-electron chi connectivity index (χ4n) is 2.08. The Bertz CT molecular complexity index is 372. The number of aromatic nitrogens is 3. The van der Waals surface area contributed by atoms with Crippen molar-refractivity contribution in [2.75, 3.05) is 13.1 Å². The first kappa shape index (κ1) is 12.3. The molecule has 1 aromatic heterocycles. The van der Waals surface area contributed by atoms with Crippen LogP contribution in [0.25, 0.3) is 0 Å². The van der Waals surface area contributed by atoms with Crippen molar-refractivity contribution >= 4 is 12.4 Å². The van der Waals surface area contributed by atoms with Gasteiger partial charge in [-0.3, -0.25) is 4.57 Å². The van der Waals surface area contributed by atoms with E-state index in [1.165, 1.54) is 0 Å². The molecule has 1 fully saturated rings. The third-order valence-electron chi connectivity index (χ3n) is 2.85. The maximum absolute atomic E-state index is 11.2. The van der Waals surface area contributed by atoms with E-state index in [2.05, 4.69) is 22.4 Å².